The highest BCUT2D eigenvalue weighted by Crippen LogP contribution is 2.51. The van der Waals surface area contributed by atoms with E-state index in [-0.39, 0.29) is 12.1 Å². The Hall–Kier alpha value is -7.42. The van der Waals surface area contributed by atoms with Crippen molar-refractivity contribution in [1.29, 1.82) is 0 Å². The van der Waals surface area contributed by atoms with Gasteiger partial charge in [0, 0.05) is 34.0 Å². The first-order chi connectivity index (χ1) is 31.6. The lowest BCUT2D eigenvalue weighted by molar-refractivity contribution is 0.559. The van der Waals surface area contributed by atoms with E-state index in [1.54, 1.807) is 0 Å². The quantitative estimate of drug-likeness (QED) is 0.145. The molecule has 11 rings (SSSR count). The van der Waals surface area contributed by atoms with Crippen LogP contribution in [0.1, 0.15) is 37.1 Å². The van der Waals surface area contributed by atoms with Crippen LogP contribution in [0.5, 0.6) is 0 Å². The normalized spacial score (nSPS) is 12.5. The summed E-state index contributed by atoms with van der Waals surface area (Å²) in [6, 6.07) is 82.5. The fraction of sp³-hybridized carbons (Fsp3) is 0.0667. The highest BCUT2D eigenvalue weighted by atomic mass is 31.1. The van der Waals surface area contributed by atoms with Crippen LogP contribution in [0.3, 0.4) is 0 Å². The van der Waals surface area contributed by atoms with Crippen molar-refractivity contribution < 1.29 is 8.39 Å². The van der Waals surface area contributed by atoms with Gasteiger partial charge in [-0.3, -0.25) is 0 Å². The molecule has 4 heteroatoms. The summed E-state index contributed by atoms with van der Waals surface area (Å²) in [6.07, 6.45) is 0. The summed E-state index contributed by atoms with van der Waals surface area (Å²) in [4.78, 5) is 0. The molecule has 1 heterocycles. The molecule has 2 unspecified atom stereocenters. The van der Waals surface area contributed by atoms with E-state index >= 15 is 0 Å². The lowest BCUT2D eigenvalue weighted by Gasteiger charge is -2.32. The molecule has 0 N–H and O–H groups in total. The summed E-state index contributed by atoms with van der Waals surface area (Å²) < 4.78 is 18.0. The topological polar surface area (TPSA) is 29.5 Å². The van der Waals surface area contributed by atoms with Crippen molar-refractivity contribution >= 4 is 51.6 Å². The summed E-state index contributed by atoms with van der Waals surface area (Å²) in [7, 11) is -1.84. The summed E-state index contributed by atoms with van der Waals surface area (Å²) >= 11 is 0. The minimum atomic E-state index is -1.84. The minimum Gasteiger partial charge on any atom is -0.407 e. The molecule has 1 aromatic heterocycles. The van der Waals surface area contributed by atoms with Crippen molar-refractivity contribution in [2.75, 3.05) is 4.67 Å². The first kappa shape index (κ1) is 39.4. The van der Waals surface area contributed by atoms with Gasteiger partial charge in [0.1, 0.15) is 0 Å². The molecule has 3 nitrogen and oxygen atoms in total. The van der Waals surface area contributed by atoms with Gasteiger partial charge in [0.15, 0.2) is 11.2 Å². The van der Waals surface area contributed by atoms with E-state index < -0.39 is 8.16 Å². The smallest absolute Gasteiger partial charge is 0.310 e. The average molecular weight is 844 g/mol. The van der Waals surface area contributed by atoms with Gasteiger partial charge in [0.25, 0.3) is 0 Å². The molecule has 2 atom stereocenters. The van der Waals surface area contributed by atoms with Crippen LogP contribution in [0, 0.1) is 0 Å². The Bertz CT molecular complexity index is 3210. The van der Waals surface area contributed by atoms with E-state index in [1.165, 1.54) is 33.4 Å². The monoisotopic (exact) mass is 843 g/mol. The maximum absolute atomic E-state index is 7.78. The standard InChI is InChI=1S/C60H46NO2P/c1-41(43-19-7-3-8-20-43)61(42(2)44-21-9-4-10-22-44)64-62-59-55(49-35-31-47(32-36-49)45-23-11-5-12-24-45)39-51-27-15-17-29-53(51)57(59)58-54-30-18-16-28-52(54)40-56(60(58)63-64)50-37-33-48(34-38-50)46-25-13-6-14-26-46/h3-42H,1-2H3. The molecule has 308 valence electrons. The molecule has 0 spiro atoms. The van der Waals surface area contributed by atoms with Gasteiger partial charge in [-0.25, -0.2) is 0 Å². The molecule has 0 radical (unpaired) electrons. The van der Waals surface area contributed by atoms with Gasteiger partial charge in [-0.2, -0.15) is 4.67 Å². The highest BCUT2D eigenvalue weighted by Gasteiger charge is 2.30. The average Bonchev–Trinajstić information content (AvgIpc) is 3.55. The van der Waals surface area contributed by atoms with E-state index in [4.69, 9.17) is 8.39 Å². The van der Waals surface area contributed by atoms with Crippen molar-refractivity contribution in [1.82, 2.24) is 0 Å². The molecule has 0 amide bonds. The molecule has 0 fully saturated rings. The Balaban J connectivity index is 1.29. The first-order valence-corrected chi connectivity index (χ1v) is 23.2. The van der Waals surface area contributed by atoms with Gasteiger partial charge in [-0.15, -0.1) is 0 Å². The molecule has 11 aromatic rings. The lowest BCUT2D eigenvalue weighted by Crippen LogP contribution is -2.27. The Morgan fingerprint density at radius 2 is 0.656 bits per heavy atom. The van der Waals surface area contributed by atoms with Crippen LogP contribution in [0.4, 0.5) is 0 Å². The number of fused-ring (bicyclic) bond motifs is 7. The number of rotatable bonds is 9. The van der Waals surface area contributed by atoms with Crippen molar-refractivity contribution in [3.63, 3.8) is 0 Å². The third-order valence-electron chi connectivity index (χ3n) is 12.7. The molecule has 0 saturated carbocycles. The van der Waals surface area contributed by atoms with Crippen LogP contribution in [0.2, 0.25) is 0 Å². The number of nitrogens with zero attached hydrogens (tertiary/aromatic N) is 1. The third-order valence-corrected chi connectivity index (χ3v) is 14.5. The van der Waals surface area contributed by atoms with E-state index in [1.807, 2.05) is 0 Å². The molecule has 0 aliphatic carbocycles. The van der Waals surface area contributed by atoms with E-state index in [0.29, 0.717) is 0 Å². The van der Waals surface area contributed by atoms with Crippen LogP contribution < -0.4 is 4.67 Å². The second-order valence-corrected chi connectivity index (χ2v) is 17.9. The summed E-state index contributed by atoms with van der Waals surface area (Å²) in [5.74, 6) is 0. The molecule has 0 bridgehead atoms. The minimum absolute atomic E-state index is 0.0735. The maximum Gasteiger partial charge on any atom is 0.310 e. The summed E-state index contributed by atoms with van der Waals surface area (Å²) in [6.45, 7) is 4.56. The predicted molar refractivity (Wildman–Crippen MR) is 271 cm³/mol. The molecule has 0 aliphatic rings. The molecule has 0 aliphatic heterocycles. The van der Waals surface area contributed by atoms with Crippen molar-refractivity contribution in [3.05, 3.63) is 242 Å². The van der Waals surface area contributed by atoms with Crippen LogP contribution in [0.15, 0.2) is 239 Å². The Kier molecular flexibility index (Phi) is 10.5. The van der Waals surface area contributed by atoms with Gasteiger partial charge < -0.3 is 8.39 Å². The van der Waals surface area contributed by atoms with Crippen LogP contribution in [-0.2, 0) is 0 Å². The number of benzene rings is 10. The van der Waals surface area contributed by atoms with Gasteiger partial charge in [-0.1, -0.05) is 218 Å². The fourth-order valence-electron chi connectivity index (χ4n) is 9.37. The van der Waals surface area contributed by atoms with E-state index in [2.05, 4.69) is 249 Å². The molecule has 10 aromatic carbocycles. The van der Waals surface area contributed by atoms with Gasteiger partial charge in [-0.05, 0) is 92.0 Å². The van der Waals surface area contributed by atoms with Crippen LogP contribution in [0.25, 0.3) is 88.0 Å². The SMILES string of the molecule is CC(c1ccccc1)N(C(C)c1ccccc1)p1oc2c(-c3ccc(-c4ccccc4)cc3)cc3ccccc3c2c2c(o1)c(-c1ccc(-c3ccccc3)cc1)cc1ccccc12. The van der Waals surface area contributed by atoms with Crippen molar-refractivity contribution in [2.45, 2.75) is 25.9 Å². The second-order valence-electron chi connectivity index (χ2n) is 16.6. The Morgan fingerprint density at radius 1 is 0.344 bits per heavy atom. The largest absolute Gasteiger partial charge is 0.407 e. The van der Waals surface area contributed by atoms with E-state index in [0.717, 1.165) is 65.7 Å². The molecule has 0 saturated heterocycles. The number of hydrogen-bond acceptors (Lipinski definition) is 3. The second kappa shape index (κ2) is 17.0. The van der Waals surface area contributed by atoms with Crippen molar-refractivity contribution in [2.24, 2.45) is 0 Å². The van der Waals surface area contributed by atoms with Gasteiger partial charge in [0.2, 0.25) is 0 Å². The van der Waals surface area contributed by atoms with Crippen LogP contribution >= 0.6 is 8.16 Å². The van der Waals surface area contributed by atoms with Crippen LogP contribution in [-0.4, -0.2) is 0 Å². The highest BCUT2D eigenvalue weighted by molar-refractivity contribution is 7.39. The molecular weight excluding hydrogens is 798 g/mol. The zero-order chi connectivity index (χ0) is 43.0. The summed E-state index contributed by atoms with van der Waals surface area (Å²) in [5, 5.41) is 6.59. The fourth-order valence-corrected chi connectivity index (χ4v) is 11.1. The first-order valence-electron chi connectivity index (χ1n) is 22.1. The molecular formula is C60H46NO2P. The van der Waals surface area contributed by atoms with Gasteiger partial charge in [0.05, 0.1) is 0 Å². The third kappa shape index (κ3) is 7.29. The maximum atomic E-state index is 7.78. The van der Waals surface area contributed by atoms with E-state index in [9.17, 15) is 0 Å². The Morgan fingerprint density at radius 3 is 1.05 bits per heavy atom. The number of hydrogen-bond donors (Lipinski definition) is 0. The Labute approximate surface area is 375 Å². The van der Waals surface area contributed by atoms with Gasteiger partial charge >= 0.3 is 8.16 Å². The molecule has 64 heavy (non-hydrogen) atoms. The predicted octanol–water partition coefficient (Wildman–Crippen LogP) is 17.7. The summed E-state index contributed by atoms with van der Waals surface area (Å²) in [5.41, 5.74) is 12.9. The zero-order valence-corrected chi connectivity index (χ0v) is 36.7. The van der Waals surface area contributed by atoms with Crippen molar-refractivity contribution in [3.8, 4) is 44.5 Å². The zero-order valence-electron chi connectivity index (χ0n) is 35.8. The lowest BCUT2D eigenvalue weighted by atomic mass is 9.91.